The second-order valence-electron chi connectivity index (χ2n) is 10.1. The Balaban J connectivity index is 1.70. The van der Waals surface area contributed by atoms with Crippen molar-refractivity contribution in [3.8, 4) is 11.3 Å². The Labute approximate surface area is 220 Å². The summed E-state index contributed by atoms with van der Waals surface area (Å²) in [7, 11) is 0. The number of ether oxygens (including phenoxy) is 1. The molecule has 1 aliphatic heterocycles. The van der Waals surface area contributed by atoms with Crippen molar-refractivity contribution in [3.63, 3.8) is 0 Å². The smallest absolute Gasteiger partial charge is 0.307 e. The summed E-state index contributed by atoms with van der Waals surface area (Å²) < 4.78 is 5.59. The fourth-order valence-corrected chi connectivity index (χ4v) is 5.66. The van der Waals surface area contributed by atoms with Crippen LogP contribution in [-0.2, 0) is 14.3 Å². The molecule has 190 valence electrons. The number of hydrogen-bond acceptors (Lipinski definition) is 6. The van der Waals surface area contributed by atoms with Crippen LogP contribution in [0.5, 0.6) is 0 Å². The third-order valence-electron chi connectivity index (χ3n) is 6.19. The Morgan fingerprint density at radius 2 is 1.86 bits per heavy atom. The predicted octanol–water partition coefficient (Wildman–Crippen LogP) is 6.08. The van der Waals surface area contributed by atoms with Crippen molar-refractivity contribution in [2.45, 2.75) is 57.7 Å². The molecule has 3 aromatic rings. The van der Waals surface area contributed by atoms with E-state index in [-0.39, 0.29) is 18.2 Å². The van der Waals surface area contributed by atoms with Crippen molar-refractivity contribution >= 4 is 39.9 Å². The average Bonchev–Trinajstić information content (AvgIpc) is 3.30. The second-order valence-corrected chi connectivity index (χ2v) is 11.3. The van der Waals surface area contributed by atoms with Gasteiger partial charge in [-0.25, -0.2) is 4.98 Å². The number of halogens is 1. The molecular formula is C28H31ClN2O4S. The Kier molecular flexibility index (Phi) is 8.13. The molecule has 1 amide bonds. The normalized spacial score (nSPS) is 21.1. The first-order chi connectivity index (χ1) is 17.1. The van der Waals surface area contributed by atoms with Gasteiger partial charge in [0.1, 0.15) is 5.60 Å². The van der Waals surface area contributed by atoms with E-state index in [1.54, 1.807) is 31.7 Å². The molecule has 0 spiro atoms. The van der Waals surface area contributed by atoms with Crippen LogP contribution in [-0.4, -0.2) is 40.2 Å². The summed E-state index contributed by atoms with van der Waals surface area (Å²) in [5.74, 6) is -1.67. The predicted molar refractivity (Wildman–Crippen MR) is 143 cm³/mol. The molecule has 3 atom stereocenters. The van der Waals surface area contributed by atoms with Gasteiger partial charge in [-0.15, -0.1) is 11.3 Å². The first-order valence-electron chi connectivity index (χ1n) is 12.1. The third kappa shape index (κ3) is 6.33. The molecule has 6 nitrogen and oxygen atoms in total. The topological polar surface area (TPSA) is 79.7 Å². The van der Waals surface area contributed by atoms with E-state index in [1.165, 1.54) is 11.3 Å². The van der Waals surface area contributed by atoms with Crippen molar-refractivity contribution < 1.29 is 19.4 Å². The number of rotatable bonds is 5. The minimum absolute atomic E-state index is 0.0817. The molecule has 1 saturated heterocycles. The van der Waals surface area contributed by atoms with Crippen molar-refractivity contribution in [2.75, 3.05) is 11.4 Å². The summed E-state index contributed by atoms with van der Waals surface area (Å²) in [4.78, 5) is 33.3. The average molecular weight is 527 g/mol. The molecule has 1 aliphatic rings. The number of amides is 1. The molecule has 4 rings (SSSR count). The van der Waals surface area contributed by atoms with E-state index in [0.717, 1.165) is 11.1 Å². The molecule has 1 N–H and O–H groups in total. The minimum Gasteiger partial charge on any atom is -0.460 e. The van der Waals surface area contributed by atoms with Crippen LogP contribution in [0.25, 0.3) is 11.3 Å². The maximum absolute atomic E-state index is 14.1. The Hall–Kier alpha value is -2.74. The van der Waals surface area contributed by atoms with Gasteiger partial charge >= 0.3 is 5.97 Å². The van der Waals surface area contributed by atoms with E-state index in [9.17, 15) is 14.7 Å². The number of aliphatic hydroxyl groups is 1. The van der Waals surface area contributed by atoms with Crippen LogP contribution in [0.2, 0.25) is 5.02 Å². The molecule has 0 saturated carbocycles. The van der Waals surface area contributed by atoms with Gasteiger partial charge in [-0.3, -0.25) is 14.5 Å². The molecule has 0 aliphatic carbocycles. The molecule has 8 heteroatoms. The van der Waals surface area contributed by atoms with Gasteiger partial charge in [0.15, 0.2) is 5.13 Å². The molecule has 3 unspecified atom stereocenters. The van der Waals surface area contributed by atoms with Gasteiger partial charge in [0.2, 0.25) is 5.91 Å². The van der Waals surface area contributed by atoms with Gasteiger partial charge in [-0.1, -0.05) is 60.1 Å². The highest BCUT2D eigenvalue weighted by Crippen LogP contribution is 2.39. The monoisotopic (exact) mass is 526 g/mol. The largest absolute Gasteiger partial charge is 0.460 e. The molecular weight excluding hydrogens is 496 g/mol. The van der Waals surface area contributed by atoms with Crippen LogP contribution in [0.4, 0.5) is 5.13 Å². The number of carbonyl (C=O) groups excluding carboxylic acids is 2. The summed E-state index contributed by atoms with van der Waals surface area (Å²) in [5, 5.41) is 13.8. The standard InChI is InChI=1S/C28H31ClN2O4S/c1-28(2,3)35-25(33)16-22-21(18-9-5-4-6-10-18)15-19(32)13-14-31(26(22)34)27-30-24(17-36-27)20-11-7-8-12-23(20)29/h4-12,17,19,21-22,32H,13-16H2,1-3H3. The molecule has 2 heterocycles. The van der Waals surface area contributed by atoms with Gasteiger partial charge < -0.3 is 9.84 Å². The quantitative estimate of drug-likeness (QED) is 0.407. The number of thiazole rings is 1. The van der Waals surface area contributed by atoms with Crippen LogP contribution in [0.1, 0.15) is 51.5 Å². The van der Waals surface area contributed by atoms with Crippen LogP contribution < -0.4 is 4.90 Å². The highest BCUT2D eigenvalue weighted by Gasteiger charge is 2.39. The summed E-state index contributed by atoms with van der Waals surface area (Å²) >= 11 is 7.72. The lowest BCUT2D eigenvalue weighted by atomic mass is 9.78. The highest BCUT2D eigenvalue weighted by molar-refractivity contribution is 7.14. The first-order valence-corrected chi connectivity index (χ1v) is 13.3. The van der Waals surface area contributed by atoms with E-state index in [4.69, 9.17) is 21.3 Å². The first kappa shape index (κ1) is 26.3. The van der Waals surface area contributed by atoms with Crippen molar-refractivity contribution in [1.82, 2.24) is 4.98 Å². The molecule has 1 aromatic heterocycles. The van der Waals surface area contributed by atoms with Gasteiger partial charge in [0.25, 0.3) is 0 Å². The van der Waals surface area contributed by atoms with Gasteiger partial charge in [-0.2, -0.15) is 0 Å². The Morgan fingerprint density at radius 1 is 1.17 bits per heavy atom. The molecule has 2 aromatic carbocycles. The van der Waals surface area contributed by atoms with Crippen LogP contribution in [0.15, 0.2) is 60.0 Å². The van der Waals surface area contributed by atoms with Crippen molar-refractivity contribution in [1.29, 1.82) is 0 Å². The second kappa shape index (κ2) is 11.1. The number of aromatic nitrogens is 1. The number of aliphatic hydroxyl groups excluding tert-OH is 1. The van der Waals surface area contributed by atoms with E-state index in [0.29, 0.717) is 35.2 Å². The Bertz CT molecular complexity index is 1210. The van der Waals surface area contributed by atoms with Crippen molar-refractivity contribution in [2.24, 2.45) is 5.92 Å². The number of carbonyl (C=O) groups is 2. The molecule has 1 fully saturated rings. The maximum atomic E-state index is 14.1. The molecule has 36 heavy (non-hydrogen) atoms. The van der Waals surface area contributed by atoms with E-state index >= 15 is 0 Å². The van der Waals surface area contributed by atoms with Crippen LogP contribution in [0.3, 0.4) is 0 Å². The zero-order chi connectivity index (χ0) is 25.9. The molecule has 0 radical (unpaired) electrons. The van der Waals surface area contributed by atoms with Gasteiger partial charge in [0, 0.05) is 22.5 Å². The summed E-state index contributed by atoms with van der Waals surface area (Å²) in [5.41, 5.74) is 1.71. The summed E-state index contributed by atoms with van der Waals surface area (Å²) in [6.07, 6.45) is 0.0892. The maximum Gasteiger partial charge on any atom is 0.307 e. The van der Waals surface area contributed by atoms with E-state index < -0.39 is 23.6 Å². The summed E-state index contributed by atoms with van der Waals surface area (Å²) in [6.45, 7) is 5.73. The number of hydrogen-bond donors (Lipinski definition) is 1. The highest BCUT2D eigenvalue weighted by atomic mass is 35.5. The van der Waals surface area contributed by atoms with Crippen molar-refractivity contribution in [3.05, 3.63) is 70.6 Å². The lowest BCUT2D eigenvalue weighted by Crippen LogP contribution is -2.44. The van der Waals surface area contributed by atoms with Gasteiger partial charge in [0.05, 0.1) is 24.1 Å². The Morgan fingerprint density at radius 3 is 2.56 bits per heavy atom. The lowest BCUT2D eigenvalue weighted by Gasteiger charge is -2.35. The van der Waals surface area contributed by atoms with E-state index in [2.05, 4.69) is 0 Å². The van der Waals surface area contributed by atoms with Gasteiger partial charge in [-0.05, 0) is 51.2 Å². The van der Waals surface area contributed by atoms with Crippen LogP contribution >= 0.6 is 22.9 Å². The lowest BCUT2D eigenvalue weighted by molar-refractivity contribution is -0.157. The zero-order valence-corrected chi connectivity index (χ0v) is 22.3. The fourth-order valence-electron chi connectivity index (χ4n) is 4.57. The summed E-state index contributed by atoms with van der Waals surface area (Å²) in [6, 6.07) is 17.0. The van der Waals surface area contributed by atoms with Crippen LogP contribution in [0, 0.1) is 5.92 Å². The number of esters is 1. The zero-order valence-electron chi connectivity index (χ0n) is 20.7. The minimum atomic E-state index is -0.704. The van der Waals surface area contributed by atoms with E-state index in [1.807, 2.05) is 53.9 Å². The molecule has 0 bridgehead atoms. The number of benzene rings is 2. The number of anilines is 1. The fraction of sp³-hybridized carbons (Fsp3) is 0.393. The SMILES string of the molecule is CC(C)(C)OC(=O)CC1C(=O)N(c2nc(-c3ccccc3Cl)cs2)CCC(O)CC1c1ccccc1. The third-order valence-corrected chi connectivity index (χ3v) is 7.38. The number of nitrogens with zero attached hydrogens (tertiary/aromatic N) is 2.